The van der Waals surface area contributed by atoms with Crippen molar-refractivity contribution in [1.82, 2.24) is 20.2 Å². The first-order valence-electron chi connectivity index (χ1n) is 8.04. The zero-order valence-corrected chi connectivity index (χ0v) is 14.8. The van der Waals surface area contributed by atoms with E-state index in [4.69, 9.17) is 0 Å². The van der Waals surface area contributed by atoms with Crippen LogP contribution in [0.1, 0.15) is 47.6 Å². The minimum absolute atomic E-state index is 0. The maximum Gasteiger partial charge on any atom is 0.257 e. The van der Waals surface area contributed by atoms with Gasteiger partial charge in [-0.2, -0.15) is 0 Å². The third-order valence-corrected chi connectivity index (χ3v) is 4.10. The number of nitrogens with zero attached hydrogens (tertiary/aromatic N) is 3. The van der Waals surface area contributed by atoms with Crippen molar-refractivity contribution in [3.63, 3.8) is 0 Å². The number of hydrogen-bond donors (Lipinski definition) is 1. The standard InChI is InChI=1S/C18H22N4O.ClH/c1-13(2)17-20-10-15(11-21-17)18(23)22-9-8-19-16(12-22)14-6-4-3-5-7-14;/h3-7,10-11,13,16,19H,8-9,12H2,1-2H3;1H. The monoisotopic (exact) mass is 346 g/mol. The van der Waals surface area contributed by atoms with Gasteiger partial charge in [-0.05, 0) is 5.56 Å². The minimum atomic E-state index is 0. The molecule has 0 saturated carbocycles. The molecular weight excluding hydrogens is 324 g/mol. The molecule has 3 rings (SSSR count). The van der Waals surface area contributed by atoms with Gasteiger partial charge in [0.25, 0.3) is 5.91 Å². The van der Waals surface area contributed by atoms with E-state index in [0.29, 0.717) is 18.7 Å². The van der Waals surface area contributed by atoms with Gasteiger partial charge in [0, 0.05) is 44.0 Å². The predicted octanol–water partition coefficient (Wildman–Crippen LogP) is 2.81. The number of halogens is 1. The Hall–Kier alpha value is -1.98. The topological polar surface area (TPSA) is 58.1 Å². The molecule has 2 heterocycles. The molecule has 0 spiro atoms. The molecule has 0 bridgehead atoms. The zero-order chi connectivity index (χ0) is 16.2. The molecule has 6 heteroatoms. The van der Waals surface area contributed by atoms with Gasteiger partial charge >= 0.3 is 0 Å². The fourth-order valence-corrected chi connectivity index (χ4v) is 2.77. The lowest BCUT2D eigenvalue weighted by Crippen LogP contribution is -2.48. The molecule has 128 valence electrons. The van der Waals surface area contributed by atoms with Crippen molar-refractivity contribution in [2.24, 2.45) is 0 Å². The molecule has 0 aliphatic carbocycles. The summed E-state index contributed by atoms with van der Waals surface area (Å²) in [5, 5.41) is 3.47. The molecule has 1 aromatic heterocycles. The first-order chi connectivity index (χ1) is 11.1. The highest BCUT2D eigenvalue weighted by atomic mass is 35.5. The normalized spacial score (nSPS) is 17.5. The van der Waals surface area contributed by atoms with E-state index in [2.05, 4.69) is 27.4 Å². The molecule has 1 unspecified atom stereocenters. The Morgan fingerprint density at radius 2 is 1.88 bits per heavy atom. The highest BCUT2D eigenvalue weighted by molar-refractivity contribution is 5.93. The van der Waals surface area contributed by atoms with Crippen molar-refractivity contribution < 1.29 is 4.79 Å². The van der Waals surface area contributed by atoms with Gasteiger partial charge in [-0.1, -0.05) is 44.2 Å². The van der Waals surface area contributed by atoms with Gasteiger partial charge in [-0.3, -0.25) is 4.79 Å². The molecule has 0 radical (unpaired) electrons. The third kappa shape index (κ3) is 4.10. The number of piperazine rings is 1. The molecule has 1 saturated heterocycles. The van der Waals surface area contributed by atoms with E-state index in [1.54, 1.807) is 12.4 Å². The van der Waals surface area contributed by atoms with Gasteiger partial charge < -0.3 is 10.2 Å². The second kappa shape index (κ2) is 8.22. The van der Waals surface area contributed by atoms with Crippen LogP contribution < -0.4 is 5.32 Å². The summed E-state index contributed by atoms with van der Waals surface area (Å²) in [6.07, 6.45) is 3.29. The smallest absolute Gasteiger partial charge is 0.257 e. The molecule has 2 aromatic rings. The van der Waals surface area contributed by atoms with Gasteiger partial charge in [0.05, 0.1) is 5.56 Å². The van der Waals surface area contributed by atoms with Crippen molar-refractivity contribution in [3.05, 3.63) is 59.7 Å². The fourth-order valence-electron chi connectivity index (χ4n) is 2.77. The number of aromatic nitrogens is 2. The van der Waals surface area contributed by atoms with E-state index in [0.717, 1.165) is 12.4 Å². The van der Waals surface area contributed by atoms with E-state index in [1.165, 1.54) is 5.56 Å². The maximum absolute atomic E-state index is 12.7. The zero-order valence-electron chi connectivity index (χ0n) is 14.0. The van der Waals surface area contributed by atoms with Gasteiger partial charge in [-0.15, -0.1) is 12.4 Å². The second-order valence-electron chi connectivity index (χ2n) is 6.15. The summed E-state index contributed by atoms with van der Waals surface area (Å²) in [5.41, 5.74) is 1.76. The van der Waals surface area contributed by atoms with Crippen molar-refractivity contribution >= 4 is 18.3 Å². The van der Waals surface area contributed by atoms with Crippen LogP contribution in [0.5, 0.6) is 0 Å². The molecule has 1 amide bonds. The van der Waals surface area contributed by atoms with Crippen LogP contribution in [-0.4, -0.2) is 40.4 Å². The predicted molar refractivity (Wildman–Crippen MR) is 96.5 cm³/mol. The Morgan fingerprint density at radius 3 is 2.50 bits per heavy atom. The first-order valence-corrected chi connectivity index (χ1v) is 8.04. The van der Waals surface area contributed by atoms with Crippen LogP contribution in [0.3, 0.4) is 0 Å². The quantitative estimate of drug-likeness (QED) is 0.928. The van der Waals surface area contributed by atoms with Gasteiger partial charge in [-0.25, -0.2) is 9.97 Å². The minimum Gasteiger partial charge on any atom is -0.335 e. The van der Waals surface area contributed by atoms with E-state index >= 15 is 0 Å². The summed E-state index contributed by atoms with van der Waals surface area (Å²) in [6.45, 7) is 6.23. The molecule has 5 nitrogen and oxygen atoms in total. The summed E-state index contributed by atoms with van der Waals surface area (Å²) in [5.74, 6) is 1.03. The van der Waals surface area contributed by atoms with Crippen LogP contribution in [0, 0.1) is 0 Å². The number of amides is 1. The Bertz CT molecular complexity index is 660. The van der Waals surface area contributed by atoms with E-state index in [9.17, 15) is 4.79 Å². The number of nitrogens with one attached hydrogen (secondary N) is 1. The Kier molecular flexibility index (Phi) is 6.29. The largest absolute Gasteiger partial charge is 0.335 e. The van der Waals surface area contributed by atoms with Gasteiger partial charge in [0.1, 0.15) is 5.82 Å². The highest BCUT2D eigenvalue weighted by Gasteiger charge is 2.25. The van der Waals surface area contributed by atoms with E-state index in [-0.39, 0.29) is 30.3 Å². The number of rotatable bonds is 3. The van der Waals surface area contributed by atoms with Crippen molar-refractivity contribution in [2.45, 2.75) is 25.8 Å². The lowest BCUT2D eigenvalue weighted by Gasteiger charge is -2.34. The van der Waals surface area contributed by atoms with Crippen molar-refractivity contribution in [3.8, 4) is 0 Å². The molecule has 1 atom stereocenters. The highest BCUT2D eigenvalue weighted by Crippen LogP contribution is 2.18. The summed E-state index contributed by atoms with van der Waals surface area (Å²) >= 11 is 0. The fraction of sp³-hybridized carbons (Fsp3) is 0.389. The molecule has 1 fully saturated rings. The molecular formula is C18H23ClN4O. The molecule has 1 aliphatic heterocycles. The SMILES string of the molecule is CC(C)c1ncc(C(=O)N2CCNC(c3ccccc3)C2)cn1.Cl. The first kappa shape index (κ1) is 18.4. The van der Waals surface area contributed by atoms with Crippen LogP contribution in [0.25, 0.3) is 0 Å². The lowest BCUT2D eigenvalue weighted by atomic mass is 10.0. The van der Waals surface area contributed by atoms with Crippen LogP contribution in [0.4, 0.5) is 0 Å². The van der Waals surface area contributed by atoms with E-state index < -0.39 is 0 Å². The summed E-state index contributed by atoms with van der Waals surface area (Å²) < 4.78 is 0. The maximum atomic E-state index is 12.7. The van der Waals surface area contributed by atoms with Crippen molar-refractivity contribution in [1.29, 1.82) is 0 Å². The number of benzene rings is 1. The lowest BCUT2D eigenvalue weighted by molar-refractivity contribution is 0.0702. The summed E-state index contributed by atoms with van der Waals surface area (Å²) in [7, 11) is 0. The molecule has 24 heavy (non-hydrogen) atoms. The van der Waals surface area contributed by atoms with Crippen LogP contribution >= 0.6 is 12.4 Å². The van der Waals surface area contributed by atoms with Gasteiger partial charge in [0.2, 0.25) is 0 Å². The summed E-state index contributed by atoms with van der Waals surface area (Å²) in [4.78, 5) is 23.1. The molecule has 1 aliphatic rings. The van der Waals surface area contributed by atoms with Crippen LogP contribution in [0.15, 0.2) is 42.7 Å². The van der Waals surface area contributed by atoms with Crippen LogP contribution in [-0.2, 0) is 0 Å². The Morgan fingerprint density at radius 1 is 1.21 bits per heavy atom. The van der Waals surface area contributed by atoms with Crippen LogP contribution in [0.2, 0.25) is 0 Å². The molecule has 1 aromatic carbocycles. The second-order valence-corrected chi connectivity index (χ2v) is 6.15. The number of carbonyl (C=O) groups is 1. The van der Waals surface area contributed by atoms with Crippen molar-refractivity contribution in [2.75, 3.05) is 19.6 Å². The summed E-state index contributed by atoms with van der Waals surface area (Å²) in [6, 6.07) is 10.4. The number of hydrogen-bond acceptors (Lipinski definition) is 4. The van der Waals surface area contributed by atoms with Gasteiger partial charge in [0.15, 0.2) is 0 Å². The molecule has 1 N–H and O–H groups in total. The average molecular weight is 347 g/mol. The Balaban J connectivity index is 0.00000208. The Labute approximate surface area is 148 Å². The average Bonchev–Trinajstić information content (AvgIpc) is 2.62. The van der Waals surface area contributed by atoms with E-state index in [1.807, 2.05) is 36.9 Å². The number of carbonyl (C=O) groups excluding carboxylic acids is 1. The third-order valence-electron chi connectivity index (χ3n) is 4.10.